The van der Waals surface area contributed by atoms with Crippen molar-refractivity contribution in [1.82, 2.24) is 19.9 Å². The molecule has 3 rings (SSSR count). The molecule has 3 unspecified atom stereocenters. The van der Waals surface area contributed by atoms with Gasteiger partial charge in [0.05, 0.1) is 5.69 Å². The van der Waals surface area contributed by atoms with Crippen LogP contribution < -0.4 is 5.32 Å². The summed E-state index contributed by atoms with van der Waals surface area (Å²) < 4.78 is 1.96. The monoisotopic (exact) mass is 304 g/mol. The van der Waals surface area contributed by atoms with Gasteiger partial charge in [0, 0.05) is 40.9 Å². The number of hydrogen-bond acceptors (Lipinski definition) is 4. The molecule has 1 aliphatic rings. The van der Waals surface area contributed by atoms with E-state index in [0.29, 0.717) is 12.1 Å². The van der Waals surface area contributed by atoms with Gasteiger partial charge < -0.3 is 5.32 Å². The van der Waals surface area contributed by atoms with Gasteiger partial charge in [-0.05, 0) is 46.3 Å². The number of aromatic nitrogens is 3. The maximum Gasteiger partial charge on any atom is 0.155 e. The van der Waals surface area contributed by atoms with Crippen molar-refractivity contribution in [2.75, 3.05) is 6.26 Å². The maximum absolute atomic E-state index is 4.55. The second-order valence-electron chi connectivity index (χ2n) is 6.11. The van der Waals surface area contributed by atoms with Gasteiger partial charge in [0.25, 0.3) is 0 Å². The zero-order chi connectivity index (χ0) is 15.0. The third kappa shape index (κ3) is 2.94. The molecule has 21 heavy (non-hydrogen) atoms. The molecule has 0 radical (unpaired) electrons. The zero-order valence-electron chi connectivity index (χ0n) is 13.3. The van der Waals surface area contributed by atoms with Gasteiger partial charge in [-0.2, -0.15) is 16.9 Å². The lowest BCUT2D eigenvalue weighted by Crippen LogP contribution is -2.30. The van der Waals surface area contributed by atoms with E-state index >= 15 is 0 Å². The standard InChI is InChI=1S/C16H24N4S/c1-10-7-16-17-9-15(12(3)20(16)19-10)11(2)18-13-5-6-14(8-13)21-4/h7,9,11,13-14,18H,5-6,8H2,1-4H3. The minimum Gasteiger partial charge on any atom is -0.307 e. The van der Waals surface area contributed by atoms with Crippen LogP contribution in [0.1, 0.15) is 49.2 Å². The molecular weight excluding hydrogens is 280 g/mol. The minimum absolute atomic E-state index is 0.317. The quantitative estimate of drug-likeness (QED) is 0.941. The summed E-state index contributed by atoms with van der Waals surface area (Å²) in [5.74, 6) is 0. The van der Waals surface area contributed by atoms with Crippen molar-refractivity contribution in [1.29, 1.82) is 0 Å². The SMILES string of the molecule is CSC1CCC(NC(C)c2cnc3cc(C)nn3c2C)C1. The van der Waals surface area contributed by atoms with Gasteiger partial charge in [-0.1, -0.05) is 0 Å². The van der Waals surface area contributed by atoms with Crippen molar-refractivity contribution in [3.05, 3.63) is 29.2 Å². The first-order chi connectivity index (χ1) is 10.1. The van der Waals surface area contributed by atoms with Crippen LogP contribution in [-0.4, -0.2) is 32.1 Å². The summed E-state index contributed by atoms with van der Waals surface area (Å²) >= 11 is 2.00. The van der Waals surface area contributed by atoms with Gasteiger partial charge >= 0.3 is 0 Å². The molecule has 0 bridgehead atoms. The van der Waals surface area contributed by atoms with E-state index in [0.717, 1.165) is 16.6 Å². The molecule has 2 aromatic heterocycles. The smallest absolute Gasteiger partial charge is 0.155 e. The van der Waals surface area contributed by atoms with Crippen LogP contribution >= 0.6 is 11.8 Å². The van der Waals surface area contributed by atoms with Crippen molar-refractivity contribution in [3.8, 4) is 0 Å². The molecule has 3 atom stereocenters. The fourth-order valence-electron chi connectivity index (χ4n) is 3.35. The Morgan fingerprint density at radius 2 is 2.19 bits per heavy atom. The zero-order valence-corrected chi connectivity index (χ0v) is 14.1. The van der Waals surface area contributed by atoms with Crippen LogP contribution in [0.25, 0.3) is 5.65 Å². The molecule has 0 amide bonds. The van der Waals surface area contributed by atoms with Crippen LogP contribution in [-0.2, 0) is 0 Å². The molecule has 5 heteroatoms. The molecular formula is C16H24N4S. The molecule has 1 aliphatic carbocycles. The first kappa shape index (κ1) is 14.9. The van der Waals surface area contributed by atoms with Crippen molar-refractivity contribution in [2.24, 2.45) is 0 Å². The number of nitrogens with one attached hydrogen (secondary N) is 1. The summed E-state index contributed by atoms with van der Waals surface area (Å²) in [7, 11) is 0. The van der Waals surface area contributed by atoms with Crippen LogP contribution in [0.15, 0.2) is 12.3 Å². The van der Waals surface area contributed by atoms with Crippen molar-refractivity contribution < 1.29 is 0 Å². The second-order valence-corrected chi connectivity index (χ2v) is 7.25. The third-order valence-electron chi connectivity index (χ3n) is 4.55. The summed E-state index contributed by atoms with van der Waals surface area (Å²) in [6, 6.07) is 2.97. The number of hydrogen-bond donors (Lipinski definition) is 1. The Labute approximate surface area is 130 Å². The summed E-state index contributed by atoms with van der Waals surface area (Å²) in [6.45, 7) is 6.38. The predicted molar refractivity (Wildman–Crippen MR) is 89.0 cm³/mol. The van der Waals surface area contributed by atoms with Crippen LogP contribution in [0.5, 0.6) is 0 Å². The Hall–Kier alpha value is -1.07. The highest BCUT2D eigenvalue weighted by Gasteiger charge is 2.25. The van der Waals surface area contributed by atoms with Gasteiger partial charge in [0.15, 0.2) is 5.65 Å². The fraction of sp³-hybridized carbons (Fsp3) is 0.625. The average molecular weight is 304 g/mol. The summed E-state index contributed by atoms with van der Waals surface area (Å²) in [4.78, 5) is 4.55. The first-order valence-electron chi connectivity index (χ1n) is 7.69. The lowest BCUT2D eigenvalue weighted by atomic mass is 10.1. The molecule has 0 spiro atoms. The number of aryl methyl sites for hydroxylation is 2. The highest BCUT2D eigenvalue weighted by Crippen LogP contribution is 2.30. The summed E-state index contributed by atoms with van der Waals surface area (Å²) in [6.07, 6.45) is 8.12. The average Bonchev–Trinajstić information content (AvgIpc) is 3.05. The number of rotatable bonds is 4. The van der Waals surface area contributed by atoms with Crippen LogP contribution in [0, 0.1) is 13.8 Å². The molecule has 2 heterocycles. The topological polar surface area (TPSA) is 42.2 Å². The van der Waals surface area contributed by atoms with Gasteiger partial charge in [-0.15, -0.1) is 0 Å². The van der Waals surface area contributed by atoms with Gasteiger partial charge in [-0.25, -0.2) is 9.50 Å². The van der Waals surface area contributed by atoms with E-state index in [2.05, 4.69) is 35.5 Å². The van der Waals surface area contributed by atoms with E-state index in [1.807, 2.05) is 35.5 Å². The summed E-state index contributed by atoms with van der Waals surface area (Å²) in [5, 5.41) is 9.14. The van der Waals surface area contributed by atoms with E-state index in [9.17, 15) is 0 Å². The van der Waals surface area contributed by atoms with Gasteiger partial charge in [0.1, 0.15) is 0 Å². The number of fused-ring (bicyclic) bond motifs is 1. The van der Waals surface area contributed by atoms with Crippen molar-refractivity contribution >= 4 is 17.4 Å². The van der Waals surface area contributed by atoms with Gasteiger partial charge in [-0.3, -0.25) is 0 Å². The Morgan fingerprint density at radius 1 is 1.38 bits per heavy atom. The van der Waals surface area contributed by atoms with Gasteiger partial charge in [0.2, 0.25) is 0 Å². The van der Waals surface area contributed by atoms with E-state index in [4.69, 9.17) is 0 Å². The highest BCUT2D eigenvalue weighted by molar-refractivity contribution is 7.99. The molecule has 0 aromatic carbocycles. The van der Waals surface area contributed by atoms with Crippen LogP contribution in [0.3, 0.4) is 0 Å². The van der Waals surface area contributed by atoms with E-state index < -0.39 is 0 Å². The molecule has 1 saturated carbocycles. The Kier molecular flexibility index (Phi) is 4.22. The molecule has 2 aromatic rings. The van der Waals surface area contributed by atoms with Crippen LogP contribution in [0.2, 0.25) is 0 Å². The molecule has 1 N–H and O–H groups in total. The van der Waals surface area contributed by atoms with Crippen molar-refractivity contribution in [2.45, 2.75) is 57.4 Å². The molecule has 1 fully saturated rings. The molecule has 0 saturated heterocycles. The number of nitrogens with zero attached hydrogens (tertiary/aromatic N) is 3. The minimum atomic E-state index is 0.317. The van der Waals surface area contributed by atoms with E-state index in [-0.39, 0.29) is 0 Å². The lowest BCUT2D eigenvalue weighted by molar-refractivity contribution is 0.458. The summed E-state index contributed by atoms with van der Waals surface area (Å²) in [5.41, 5.74) is 4.39. The van der Waals surface area contributed by atoms with E-state index in [1.54, 1.807) is 0 Å². The maximum atomic E-state index is 4.55. The Morgan fingerprint density at radius 3 is 2.90 bits per heavy atom. The lowest BCUT2D eigenvalue weighted by Gasteiger charge is -2.21. The second kappa shape index (κ2) is 5.97. The van der Waals surface area contributed by atoms with Crippen LogP contribution in [0.4, 0.5) is 0 Å². The molecule has 0 aliphatic heterocycles. The first-order valence-corrected chi connectivity index (χ1v) is 8.98. The number of thioether (sulfide) groups is 1. The fourth-order valence-corrected chi connectivity index (χ4v) is 4.15. The molecule has 114 valence electrons. The van der Waals surface area contributed by atoms with E-state index in [1.165, 1.54) is 30.5 Å². The normalized spacial score (nSPS) is 23.8. The van der Waals surface area contributed by atoms with Crippen molar-refractivity contribution in [3.63, 3.8) is 0 Å². The Balaban J connectivity index is 1.78. The highest BCUT2D eigenvalue weighted by atomic mass is 32.2. The third-order valence-corrected chi connectivity index (χ3v) is 5.65. The largest absolute Gasteiger partial charge is 0.307 e. The Bertz CT molecular complexity index is 636. The predicted octanol–water partition coefficient (Wildman–Crippen LogP) is 3.28. The molecule has 4 nitrogen and oxygen atoms in total.